The summed E-state index contributed by atoms with van der Waals surface area (Å²) < 4.78 is 1.98. The number of hydrogen-bond acceptors (Lipinski definition) is 3. The largest absolute Gasteiger partial charge is 0.398 e. The highest BCUT2D eigenvalue weighted by Gasteiger charge is 2.35. The Hall–Kier alpha value is -2.88. The SMILES string of the molecule is CCC(=O)C1c2ccccc2-c2c(-c3ccccc3N)ncn21. The van der Waals surface area contributed by atoms with Crippen molar-refractivity contribution in [3.8, 4) is 22.5 Å². The van der Waals surface area contributed by atoms with Crippen molar-refractivity contribution in [3.05, 3.63) is 60.4 Å². The maximum atomic E-state index is 12.5. The average molecular weight is 303 g/mol. The van der Waals surface area contributed by atoms with Crippen LogP contribution in [0.5, 0.6) is 0 Å². The van der Waals surface area contributed by atoms with Crippen molar-refractivity contribution < 1.29 is 4.79 Å². The fourth-order valence-corrected chi connectivity index (χ4v) is 3.36. The highest BCUT2D eigenvalue weighted by molar-refractivity contribution is 5.95. The number of ketones is 1. The minimum Gasteiger partial charge on any atom is -0.398 e. The van der Waals surface area contributed by atoms with Gasteiger partial charge < -0.3 is 10.3 Å². The molecular weight excluding hydrogens is 286 g/mol. The van der Waals surface area contributed by atoms with Crippen LogP contribution in [0.1, 0.15) is 24.9 Å². The summed E-state index contributed by atoms with van der Waals surface area (Å²) >= 11 is 0. The zero-order valence-electron chi connectivity index (χ0n) is 12.9. The summed E-state index contributed by atoms with van der Waals surface area (Å²) in [5, 5.41) is 0. The maximum Gasteiger partial charge on any atom is 0.159 e. The Morgan fingerprint density at radius 3 is 2.57 bits per heavy atom. The van der Waals surface area contributed by atoms with E-state index in [2.05, 4.69) is 11.1 Å². The Morgan fingerprint density at radius 1 is 1.13 bits per heavy atom. The lowest BCUT2D eigenvalue weighted by Crippen LogP contribution is -2.15. The molecule has 2 N–H and O–H groups in total. The smallest absolute Gasteiger partial charge is 0.159 e. The molecule has 0 radical (unpaired) electrons. The number of carbonyl (C=O) groups excluding carboxylic acids is 1. The molecule has 0 aliphatic carbocycles. The second kappa shape index (κ2) is 5.09. The molecule has 4 heteroatoms. The number of Topliss-reactive ketones (excluding diaryl/α,β-unsaturated/α-hetero) is 1. The molecule has 1 atom stereocenters. The molecule has 0 amide bonds. The van der Waals surface area contributed by atoms with Crippen LogP contribution in [-0.4, -0.2) is 15.3 Å². The van der Waals surface area contributed by atoms with Crippen LogP contribution in [0, 0.1) is 0 Å². The highest BCUT2D eigenvalue weighted by Crippen LogP contribution is 2.45. The van der Waals surface area contributed by atoms with Crippen LogP contribution in [0.25, 0.3) is 22.5 Å². The Morgan fingerprint density at radius 2 is 1.83 bits per heavy atom. The molecule has 1 unspecified atom stereocenters. The third-order valence-electron chi connectivity index (χ3n) is 4.45. The monoisotopic (exact) mass is 303 g/mol. The molecule has 0 saturated heterocycles. The molecule has 0 bridgehead atoms. The van der Waals surface area contributed by atoms with Gasteiger partial charge in [0.1, 0.15) is 6.04 Å². The molecular formula is C19H17N3O. The van der Waals surface area contributed by atoms with E-state index < -0.39 is 0 Å². The van der Waals surface area contributed by atoms with Crippen molar-refractivity contribution in [2.75, 3.05) is 5.73 Å². The minimum absolute atomic E-state index is 0.196. The van der Waals surface area contributed by atoms with E-state index in [1.54, 1.807) is 6.33 Å². The van der Waals surface area contributed by atoms with Crippen LogP contribution >= 0.6 is 0 Å². The number of para-hydroxylation sites is 1. The lowest BCUT2D eigenvalue weighted by Gasteiger charge is -2.11. The fraction of sp³-hybridized carbons (Fsp3) is 0.158. The van der Waals surface area contributed by atoms with Crippen molar-refractivity contribution in [3.63, 3.8) is 0 Å². The van der Waals surface area contributed by atoms with Crippen molar-refractivity contribution in [1.82, 2.24) is 9.55 Å². The molecule has 0 saturated carbocycles. The summed E-state index contributed by atoms with van der Waals surface area (Å²) in [6.07, 6.45) is 2.26. The van der Waals surface area contributed by atoms with E-state index in [1.807, 2.05) is 54.0 Å². The first-order valence-electron chi connectivity index (χ1n) is 7.76. The molecule has 3 aromatic rings. The number of rotatable bonds is 3. The number of carbonyl (C=O) groups is 1. The molecule has 0 spiro atoms. The molecule has 4 rings (SSSR count). The zero-order chi connectivity index (χ0) is 16.0. The predicted octanol–water partition coefficient (Wildman–Crippen LogP) is 3.68. The third kappa shape index (κ3) is 1.91. The van der Waals surface area contributed by atoms with Crippen LogP contribution < -0.4 is 5.73 Å². The molecule has 1 aliphatic heterocycles. The summed E-state index contributed by atoms with van der Waals surface area (Å²) in [5.74, 6) is 0.196. The van der Waals surface area contributed by atoms with Gasteiger partial charge in [0, 0.05) is 23.2 Å². The number of nitrogens with two attached hydrogens (primary N) is 1. The van der Waals surface area contributed by atoms with Gasteiger partial charge in [-0.2, -0.15) is 0 Å². The van der Waals surface area contributed by atoms with Gasteiger partial charge in [0.05, 0.1) is 17.7 Å². The van der Waals surface area contributed by atoms with Gasteiger partial charge in [0.15, 0.2) is 5.78 Å². The summed E-state index contributed by atoms with van der Waals surface area (Å²) in [7, 11) is 0. The number of anilines is 1. The topological polar surface area (TPSA) is 60.9 Å². The van der Waals surface area contributed by atoms with Crippen molar-refractivity contribution in [1.29, 1.82) is 0 Å². The van der Waals surface area contributed by atoms with E-state index in [9.17, 15) is 4.79 Å². The molecule has 0 fully saturated rings. The second-order valence-corrected chi connectivity index (χ2v) is 5.75. The number of imidazole rings is 1. The Balaban J connectivity index is 1.99. The Kier molecular flexibility index (Phi) is 3.05. The standard InChI is InChI=1S/C19H17N3O/c1-2-16(23)18-12-7-3-4-8-13(12)19-17(21-11-22(18)19)14-9-5-6-10-15(14)20/h3-11,18H,2,20H2,1H3. The van der Waals surface area contributed by atoms with Gasteiger partial charge in [0.2, 0.25) is 0 Å². The van der Waals surface area contributed by atoms with E-state index in [4.69, 9.17) is 5.73 Å². The van der Waals surface area contributed by atoms with Gasteiger partial charge in [-0.05, 0) is 11.6 Å². The summed E-state index contributed by atoms with van der Waals surface area (Å²) in [5.41, 5.74) is 11.7. The second-order valence-electron chi connectivity index (χ2n) is 5.75. The zero-order valence-corrected chi connectivity index (χ0v) is 12.9. The minimum atomic E-state index is -0.280. The first kappa shape index (κ1) is 13.8. The summed E-state index contributed by atoms with van der Waals surface area (Å²) in [6, 6.07) is 15.5. The van der Waals surface area contributed by atoms with E-state index in [1.165, 1.54) is 0 Å². The number of aromatic nitrogens is 2. The Bertz CT molecular complexity index is 910. The van der Waals surface area contributed by atoms with Crippen LogP contribution in [0.15, 0.2) is 54.9 Å². The normalized spacial score (nSPS) is 15.3. The summed E-state index contributed by atoms with van der Waals surface area (Å²) in [4.78, 5) is 17.0. The van der Waals surface area contributed by atoms with E-state index in [-0.39, 0.29) is 11.8 Å². The van der Waals surface area contributed by atoms with Crippen LogP contribution in [0.2, 0.25) is 0 Å². The molecule has 2 aromatic carbocycles. The van der Waals surface area contributed by atoms with Gasteiger partial charge in [-0.15, -0.1) is 0 Å². The highest BCUT2D eigenvalue weighted by atomic mass is 16.1. The molecule has 1 aromatic heterocycles. The van der Waals surface area contributed by atoms with Gasteiger partial charge in [-0.3, -0.25) is 4.79 Å². The van der Waals surface area contributed by atoms with E-state index in [0.29, 0.717) is 12.1 Å². The maximum absolute atomic E-state index is 12.5. The van der Waals surface area contributed by atoms with E-state index >= 15 is 0 Å². The number of fused-ring (bicyclic) bond motifs is 3. The van der Waals surface area contributed by atoms with Crippen molar-refractivity contribution in [2.45, 2.75) is 19.4 Å². The van der Waals surface area contributed by atoms with Crippen LogP contribution in [0.4, 0.5) is 5.69 Å². The van der Waals surface area contributed by atoms with Gasteiger partial charge in [-0.1, -0.05) is 49.4 Å². The van der Waals surface area contributed by atoms with Crippen LogP contribution in [0.3, 0.4) is 0 Å². The lowest BCUT2D eigenvalue weighted by molar-refractivity contribution is -0.120. The van der Waals surface area contributed by atoms with Crippen LogP contribution in [-0.2, 0) is 4.79 Å². The predicted molar refractivity (Wildman–Crippen MR) is 90.9 cm³/mol. The molecule has 4 nitrogen and oxygen atoms in total. The molecule has 114 valence electrons. The molecule has 23 heavy (non-hydrogen) atoms. The van der Waals surface area contributed by atoms with E-state index in [0.717, 1.165) is 28.1 Å². The van der Waals surface area contributed by atoms with Gasteiger partial charge >= 0.3 is 0 Å². The number of nitrogen functional groups attached to an aromatic ring is 1. The van der Waals surface area contributed by atoms with Gasteiger partial charge in [-0.25, -0.2) is 4.98 Å². The molecule has 2 heterocycles. The Labute approximate surface area is 134 Å². The number of hydrogen-bond donors (Lipinski definition) is 1. The van der Waals surface area contributed by atoms with Crippen molar-refractivity contribution >= 4 is 11.5 Å². The van der Waals surface area contributed by atoms with Gasteiger partial charge in [0.25, 0.3) is 0 Å². The molecule has 1 aliphatic rings. The first-order chi connectivity index (χ1) is 11.2. The summed E-state index contributed by atoms with van der Waals surface area (Å²) in [6.45, 7) is 1.90. The third-order valence-corrected chi connectivity index (χ3v) is 4.45. The first-order valence-corrected chi connectivity index (χ1v) is 7.76. The number of nitrogens with zero attached hydrogens (tertiary/aromatic N) is 2. The lowest BCUT2D eigenvalue weighted by atomic mass is 9.97. The fourth-order valence-electron chi connectivity index (χ4n) is 3.36. The average Bonchev–Trinajstić information content (AvgIpc) is 3.13. The number of benzene rings is 2. The quantitative estimate of drug-likeness (QED) is 0.751. The van der Waals surface area contributed by atoms with Crippen molar-refractivity contribution in [2.24, 2.45) is 0 Å².